The Morgan fingerprint density at radius 2 is 1.06 bits per heavy atom. The number of hydrogen-bond acceptors (Lipinski definition) is 6. The van der Waals surface area contributed by atoms with E-state index in [0.717, 1.165) is 0 Å². The Kier molecular flexibility index (Phi) is 12.1. The molecular formula is C11H24O6. The van der Waals surface area contributed by atoms with Gasteiger partial charge in [0, 0.05) is 13.2 Å². The molecule has 0 aliphatic heterocycles. The molecule has 0 aromatic heterocycles. The van der Waals surface area contributed by atoms with E-state index in [9.17, 15) is 10.2 Å². The fourth-order valence-corrected chi connectivity index (χ4v) is 1.03. The van der Waals surface area contributed by atoms with Crippen molar-refractivity contribution in [3.8, 4) is 0 Å². The molecule has 0 amide bonds. The Morgan fingerprint density at radius 1 is 0.706 bits per heavy atom. The van der Waals surface area contributed by atoms with Crippen molar-refractivity contribution >= 4 is 0 Å². The molecule has 0 rings (SSSR count). The number of aliphatic hydroxyl groups is 2. The fraction of sp³-hybridized carbons (Fsp3) is 1.00. The van der Waals surface area contributed by atoms with E-state index in [1.165, 1.54) is 0 Å². The summed E-state index contributed by atoms with van der Waals surface area (Å²) in [6.45, 7) is 5.70. The van der Waals surface area contributed by atoms with Crippen LogP contribution in [0.5, 0.6) is 0 Å². The zero-order chi connectivity index (χ0) is 12.9. The van der Waals surface area contributed by atoms with E-state index in [2.05, 4.69) is 0 Å². The Hall–Kier alpha value is -0.240. The molecule has 2 N–H and O–H groups in total. The van der Waals surface area contributed by atoms with E-state index in [4.69, 9.17) is 18.9 Å². The van der Waals surface area contributed by atoms with Crippen LogP contribution in [0.1, 0.15) is 13.8 Å². The van der Waals surface area contributed by atoms with Crippen LogP contribution < -0.4 is 0 Å². The van der Waals surface area contributed by atoms with E-state index in [1.54, 1.807) is 0 Å². The average Bonchev–Trinajstić information content (AvgIpc) is 2.33. The first-order valence-corrected chi connectivity index (χ1v) is 5.87. The zero-order valence-corrected chi connectivity index (χ0v) is 10.6. The number of aliphatic hydroxyl groups excluding tert-OH is 2. The van der Waals surface area contributed by atoms with Crippen molar-refractivity contribution in [2.75, 3.05) is 46.4 Å². The third-order valence-electron chi connectivity index (χ3n) is 1.82. The molecule has 0 spiro atoms. The lowest BCUT2D eigenvalue weighted by Crippen LogP contribution is -2.25. The van der Waals surface area contributed by atoms with Crippen LogP contribution in [0.2, 0.25) is 0 Å². The van der Waals surface area contributed by atoms with Gasteiger partial charge in [-0.25, -0.2) is 0 Å². The third kappa shape index (κ3) is 12.0. The van der Waals surface area contributed by atoms with E-state index >= 15 is 0 Å². The molecule has 0 bridgehead atoms. The van der Waals surface area contributed by atoms with Gasteiger partial charge < -0.3 is 29.2 Å². The second kappa shape index (κ2) is 12.2. The summed E-state index contributed by atoms with van der Waals surface area (Å²) in [4.78, 5) is 0. The van der Waals surface area contributed by atoms with Crippen molar-refractivity contribution in [1.82, 2.24) is 0 Å². The van der Waals surface area contributed by atoms with Crippen molar-refractivity contribution in [3.63, 3.8) is 0 Å². The summed E-state index contributed by atoms with van der Waals surface area (Å²) in [5.74, 6) is 0. The monoisotopic (exact) mass is 252 g/mol. The lowest BCUT2D eigenvalue weighted by molar-refractivity contribution is -0.112. The highest BCUT2D eigenvalue weighted by Crippen LogP contribution is 1.91. The van der Waals surface area contributed by atoms with E-state index < -0.39 is 12.2 Å². The van der Waals surface area contributed by atoms with Gasteiger partial charge in [0.05, 0.1) is 26.4 Å². The van der Waals surface area contributed by atoms with E-state index in [0.29, 0.717) is 13.2 Å². The van der Waals surface area contributed by atoms with Crippen molar-refractivity contribution < 1.29 is 29.2 Å². The van der Waals surface area contributed by atoms with Crippen LogP contribution in [0.4, 0.5) is 0 Å². The maximum absolute atomic E-state index is 9.33. The molecule has 0 aromatic rings. The maximum atomic E-state index is 9.33. The van der Waals surface area contributed by atoms with Gasteiger partial charge in [-0.2, -0.15) is 0 Å². The third-order valence-corrected chi connectivity index (χ3v) is 1.82. The summed E-state index contributed by atoms with van der Waals surface area (Å²) >= 11 is 0. The summed E-state index contributed by atoms with van der Waals surface area (Å²) in [7, 11) is 0. The Balaban J connectivity index is 3.22. The standard InChI is InChI=1S/C11H24O6/c1-3-14-5-10(12)7-16-9-17-8-11(13)6-15-4-2/h10-13H,3-9H2,1-2H3. The lowest BCUT2D eigenvalue weighted by atomic mass is 10.4. The molecule has 0 saturated heterocycles. The summed E-state index contributed by atoms with van der Waals surface area (Å²) in [5.41, 5.74) is 0. The minimum Gasteiger partial charge on any atom is -0.388 e. The van der Waals surface area contributed by atoms with Crippen LogP contribution >= 0.6 is 0 Å². The summed E-state index contributed by atoms with van der Waals surface area (Å²) in [6.07, 6.45) is -1.29. The maximum Gasteiger partial charge on any atom is 0.146 e. The minimum atomic E-state index is -0.646. The van der Waals surface area contributed by atoms with Crippen molar-refractivity contribution in [3.05, 3.63) is 0 Å². The molecule has 0 fully saturated rings. The first-order chi connectivity index (χ1) is 8.20. The molecule has 0 radical (unpaired) electrons. The van der Waals surface area contributed by atoms with Gasteiger partial charge in [-0.3, -0.25) is 0 Å². The van der Waals surface area contributed by atoms with Crippen LogP contribution in [-0.2, 0) is 18.9 Å². The topological polar surface area (TPSA) is 77.4 Å². The number of hydrogen-bond donors (Lipinski definition) is 2. The molecule has 6 heteroatoms. The molecule has 2 unspecified atom stereocenters. The van der Waals surface area contributed by atoms with E-state index in [1.807, 2.05) is 13.8 Å². The molecule has 0 aromatic carbocycles. The SMILES string of the molecule is CCOCC(O)COCOCC(O)COCC. The number of ether oxygens (including phenoxy) is 4. The molecule has 2 atom stereocenters. The van der Waals surface area contributed by atoms with Crippen molar-refractivity contribution in [1.29, 1.82) is 0 Å². The van der Waals surface area contributed by atoms with Crippen LogP contribution in [0.3, 0.4) is 0 Å². The predicted octanol–water partition coefficient (Wildman–Crippen LogP) is -0.228. The van der Waals surface area contributed by atoms with Gasteiger partial charge in [0.15, 0.2) is 0 Å². The second-order valence-electron chi connectivity index (χ2n) is 3.49. The molecule has 104 valence electrons. The zero-order valence-electron chi connectivity index (χ0n) is 10.6. The molecule has 0 saturated carbocycles. The Morgan fingerprint density at radius 3 is 1.41 bits per heavy atom. The van der Waals surface area contributed by atoms with Crippen LogP contribution in [0.15, 0.2) is 0 Å². The van der Waals surface area contributed by atoms with Gasteiger partial charge in [0.1, 0.15) is 19.0 Å². The highest BCUT2D eigenvalue weighted by molar-refractivity contribution is 4.51. The molecule has 0 aliphatic carbocycles. The van der Waals surface area contributed by atoms with Gasteiger partial charge in [0.25, 0.3) is 0 Å². The summed E-state index contributed by atoms with van der Waals surface area (Å²) in [6, 6.07) is 0. The van der Waals surface area contributed by atoms with Gasteiger partial charge >= 0.3 is 0 Å². The predicted molar refractivity (Wildman–Crippen MR) is 61.8 cm³/mol. The van der Waals surface area contributed by atoms with E-state index in [-0.39, 0.29) is 33.2 Å². The quantitative estimate of drug-likeness (QED) is 0.369. The van der Waals surface area contributed by atoms with Crippen LogP contribution in [0, 0.1) is 0 Å². The second-order valence-corrected chi connectivity index (χ2v) is 3.49. The smallest absolute Gasteiger partial charge is 0.146 e. The minimum absolute atomic E-state index is 0.0341. The highest BCUT2D eigenvalue weighted by Gasteiger charge is 2.05. The van der Waals surface area contributed by atoms with Crippen molar-refractivity contribution in [2.45, 2.75) is 26.1 Å². The molecule has 0 heterocycles. The van der Waals surface area contributed by atoms with Crippen LogP contribution in [0.25, 0.3) is 0 Å². The first-order valence-electron chi connectivity index (χ1n) is 5.87. The van der Waals surface area contributed by atoms with Gasteiger partial charge in [-0.05, 0) is 13.8 Å². The van der Waals surface area contributed by atoms with Gasteiger partial charge in [-0.15, -0.1) is 0 Å². The van der Waals surface area contributed by atoms with Crippen molar-refractivity contribution in [2.24, 2.45) is 0 Å². The molecular weight excluding hydrogens is 228 g/mol. The lowest BCUT2D eigenvalue weighted by Gasteiger charge is -2.13. The fourth-order valence-electron chi connectivity index (χ4n) is 1.03. The molecule has 6 nitrogen and oxygen atoms in total. The first kappa shape index (κ1) is 16.8. The van der Waals surface area contributed by atoms with Crippen LogP contribution in [-0.4, -0.2) is 68.9 Å². The molecule has 17 heavy (non-hydrogen) atoms. The normalized spacial score (nSPS) is 14.8. The average molecular weight is 252 g/mol. The Bertz CT molecular complexity index is 139. The highest BCUT2D eigenvalue weighted by atomic mass is 16.7. The largest absolute Gasteiger partial charge is 0.388 e. The number of rotatable bonds is 12. The molecule has 0 aliphatic rings. The van der Waals surface area contributed by atoms with Gasteiger partial charge in [-0.1, -0.05) is 0 Å². The summed E-state index contributed by atoms with van der Waals surface area (Å²) in [5, 5.41) is 18.7. The van der Waals surface area contributed by atoms with Gasteiger partial charge in [0.2, 0.25) is 0 Å². The summed E-state index contributed by atoms with van der Waals surface area (Å²) < 4.78 is 20.1. The Labute approximate surface area is 102 Å².